The van der Waals surface area contributed by atoms with Gasteiger partial charge in [-0.05, 0) is 38.0 Å². The Labute approximate surface area is 157 Å². The van der Waals surface area contributed by atoms with Gasteiger partial charge in [0.2, 0.25) is 10.0 Å². The molecule has 1 aliphatic carbocycles. The summed E-state index contributed by atoms with van der Waals surface area (Å²) in [5, 5.41) is 0.227. The van der Waals surface area contributed by atoms with Crippen molar-refractivity contribution >= 4 is 20.9 Å². The minimum atomic E-state index is -3.71. The van der Waals surface area contributed by atoms with E-state index in [9.17, 15) is 18.0 Å². The highest BCUT2D eigenvalue weighted by Crippen LogP contribution is 2.30. The van der Waals surface area contributed by atoms with Gasteiger partial charge in [-0.1, -0.05) is 0 Å². The number of nitrogens with zero attached hydrogens (tertiary/aromatic N) is 4. The average Bonchev–Trinajstić information content (AvgIpc) is 3.49. The molecule has 1 saturated heterocycles. The third-order valence-corrected chi connectivity index (χ3v) is 7.72. The summed E-state index contributed by atoms with van der Waals surface area (Å²) >= 11 is 0. The predicted molar refractivity (Wildman–Crippen MR) is 102 cm³/mol. The monoisotopic (exact) mass is 392 g/mol. The fourth-order valence-corrected chi connectivity index (χ4v) is 5.61. The van der Waals surface area contributed by atoms with Gasteiger partial charge in [-0.3, -0.25) is 18.8 Å². The van der Waals surface area contributed by atoms with Crippen LogP contribution in [0.25, 0.3) is 10.9 Å². The van der Waals surface area contributed by atoms with Crippen LogP contribution >= 0.6 is 0 Å². The first-order valence-electron chi connectivity index (χ1n) is 9.17. The number of benzene rings is 1. The number of piperazine rings is 1. The first kappa shape index (κ1) is 18.4. The van der Waals surface area contributed by atoms with Gasteiger partial charge in [0.1, 0.15) is 0 Å². The van der Waals surface area contributed by atoms with Crippen molar-refractivity contribution in [2.24, 2.45) is 14.1 Å². The molecule has 4 rings (SSSR count). The summed E-state index contributed by atoms with van der Waals surface area (Å²) < 4.78 is 30.3. The lowest BCUT2D eigenvalue weighted by atomic mass is 10.2. The first-order chi connectivity index (χ1) is 12.7. The number of sulfonamides is 1. The Balaban J connectivity index is 1.75. The van der Waals surface area contributed by atoms with E-state index in [1.807, 2.05) is 6.92 Å². The highest BCUT2D eigenvalue weighted by atomic mass is 32.2. The second-order valence-electron chi connectivity index (χ2n) is 7.58. The van der Waals surface area contributed by atoms with Gasteiger partial charge in [0.25, 0.3) is 5.56 Å². The molecule has 1 aliphatic heterocycles. The van der Waals surface area contributed by atoms with Crippen molar-refractivity contribution in [3.63, 3.8) is 0 Å². The van der Waals surface area contributed by atoms with Crippen LogP contribution in [0.5, 0.6) is 0 Å². The molecule has 2 fully saturated rings. The fraction of sp³-hybridized carbons (Fsp3) is 0.556. The van der Waals surface area contributed by atoms with E-state index in [4.69, 9.17) is 0 Å². The molecule has 0 radical (unpaired) electrons. The smallest absolute Gasteiger partial charge is 0.297 e. The highest BCUT2D eigenvalue weighted by molar-refractivity contribution is 7.89. The molecular formula is C18H24N4O4S. The summed E-state index contributed by atoms with van der Waals surface area (Å²) in [7, 11) is -0.753. The molecule has 1 saturated carbocycles. The first-order valence-corrected chi connectivity index (χ1v) is 10.6. The Hall–Kier alpha value is -1.97. The summed E-state index contributed by atoms with van der Waals surface area (Å²) in [5.74, 6) is 0. The molecule has 2 heterocycles. The van der Waals surface area contributed by atoms with Gasteiger partial charge in [0, 0.05) is 45.8 Å². The zero-order valence-electron chi connectivity index (χ0n) is 15.8. The normalized spacial score (nSPS) is 22.4. The second-order valence-corrected chi connectivity index (χ2v) is 9.47. The molecule has 0 amide bonds. The predicted octanol–water partition coefficient (Wildman–Crippen LogP) is 0.0944. The number of hydrogen-bond donors (Lipinski definition) is 0. The SMILES string of the molecule is CC1CN(C2CC2)CCN1S(=O)(=O)c1ccc2c(c1)c(=O)n(C)c(=O)n2C. The number of fused-ring (bicyclic) bond motifs is 1. The molecule has 0 N–H and O–H groups in total. The van der Waals surface area contributed by atoms with Gasteiger partial charge in [-0.25, -0.2) is 13.2 Å². The highest BCUT2D eigenvalue weighted by Gasteiger charge is 2.38. The average molecular weight is 392 g/mol. The van der Waals surface area contributed by atoms with Crippen molar-refractivity contribution in [1.82, 2.24) is 18.3 Å². The molecule has 1 unspecified atom stereocenters. The third kappa shape index (κ3) is 2.94. The maximum absolute atomic E-state index is 13.2. The van der Waals surface area contributed by atoms with Crippen LogP contribution in [-0.4, -0.2) is 58.5 Å². The zero-order valence-corrected chi connectivity index (χ0v) is 16.6. The van der Waals surface area contributed by atoms with Crippen molar-refractivity contribution in [3.05, 3.63) is 39.0 Å². The van der Waals surface area contributed by atoms with E-state index in [2.05, 4.69) is 4.90 Å². The van der Waals surface area contributed by atoms with E-state index in [1.165, 1.54) is 47.0 Å². The molecular weight excluding hydrogens is 368 g/mol. The molecule has 1 aromatic heterocycles. The summed E-state index contributed by atoms with van der Waals surface area (Å²) in [6.07, 6.45) is 2.40. The molecule has 9 heteroatoms. The number of aromatic nitrogens is 2. The van der Waals surface area contributed by atoms with Crippen LogP contribution in [0.4, 0.5) is 0 Å². The zero-order chi connectivity index (χ0) is 19.5. The van der Waals surface area contributed by atoms with Crippen LogP contribution in [0.1, 0.15) is 19.8 Å². The number of hydrogen-bond acceptors (Lipinski definition) is 5. The molecule has 8 nitrogen and oxygen atoms in total. The van der Waals surface area contributed by atoms with Gasteiger partial charge in [0.05, 0.1) is 15.8 Å². The quantitative estimate of drug-likeness (QED) is 0.739. The largest absolute Gasteiger partial charge is 0.330 e. The Bertz CT molecular complexity index is 1130. The van der Waals surface area contributed by atoms with Gasteiger partial charge >= 0.3 is 5.69 Å². The molecule has 2 aromatic rings. The fourth-order valence-electron chi connectivity index (χ4n) is 3.97. The molecule has 2 aliphatic rings. The lowest BCUT2D eigenvalue weighted by Crippen LogP contribution is -2.54. The lowest BCUT2D eigenvalue weighted by Gasteiger charge is -2.39. The van der Waals surface area contributed by atoms with Crippen LogP contribution in [0, 0.1) is 0 Å². The van der Waals surface area contributed by atoms with E-state index in [1.54, 1.807) is 7.05 Å². The Kier molecular flexibility index (Phi) is 4.28. The second kappa shape index (κ2) is 6.29. The minimum Gasteiger partial charge on any atom is -0.297 e. The standard InChI is InChI=1S/C18H24N4O4S/c1-12-11-21(13-4-5-13)8-9-22(12)27(25,26)14-6-7-16-15(10-14)17(23)20(3)18(24)19(16)2/h6-7,10,12-13H,4-5,8-9,11H2,1-3H3. The molecule has 0 bridgehead atoms. The van der Waals surface area contributed by atoms with Crippen LogP contribution in [0.3, 0.4) is 0 Å². The van der Waals surface area contributed by atoms with Crippen LogP contribution < -0.4 is 11.2 Å². The van der Waals surface area contributed by atoms with Crippen LogP contribution in [0.15, 0.2) is 32.7 Å². The third-order valence-electron chi connectivity index (χ3n) is 5.71. The Morgan fingerprint density at radius 1 is 1.04 bits per heavy atom. The van der Waals surface area contributed by atoms with Crippen molar-refractivity contribution in [2.75, 3.05) is 19.6 Å². The van der Waals surface area contributed by atoms with Crippen molar-refractivity contribution in [1.29, 1.82) is 0 Å². The Morgan fingerprint density at radius 3 is 2.37 bits per heavy atom. The maximum atomic E-state index is 13.2. The Morgan fingerprint density at radius 2 is 1.74 bits per heavy atom. The molecule has 146 valence electrons. The summed E-state index contributed by atoms with van der Waals surface area (Å²) in [6.45, 7) is 3.84. The van der Waals surface area contributed by atoms with E-state index < -0.39 is 21.3 Å². The van der Waals surface area contributed by atoms with Crippen LogP contribution in [0.2, 0.25) is 0 Å². The summed E-state index contributed by atoms with van der Waals surface area (Å²) in [4.78, 5) is 27.0. The van der Waals surface area contributed by atoms with Crippen molar-refractivity contribution in [3.8, 4) is 0 Å². The van der Waals surface area contributed by atoms with Crippen molar-refractivity contribution in [2.45, 2.75) is 36.7 Å². The van der Waals surface area contributed by atoms with Crippen molar-refractivity contribution < 1.29 is 8.42 Å². The maximum Gasteiger partial charge on any atom is 0.330 e. The summed E-state index contributed by atoms with van der Waals surface area (Å²) in [6, 6.07) is 4.91. The van der Waals surface area contributed by atoms with Gasteiger partial charge in [0.15, 0.2) is 0 Å². The molecule has 1 atom stereocenters. The topological polar surface area (TPSA) is 84.6 Å². The van der Waals surface area contributed by atoms with Gasteiger partial charge < -0.3 is 0 Å². The number of aryl methyl sites for hydroxylation is 1. The van der Waals surface area contributed by atoms with E-state index in [0.717, 1.165) is 17.7 Å². The number of rotatable bonds is 3. The van der Waals surface area contributed by atoms with Gasteiger partial charge in [-0.2, -0.15) is 4.31 Å². The van der Waals surface area contributed by atoms with E-state index >= 15 is 0 Å². The van der Waals surface area contributed by atoms with E-state index in [0.29, 0.717) is 18.1 Å². The van der Waals surface area contributed by atoms with Crippen LogP contribution in [-0.2, 0) is 24.1 Å². The minimum absolute atomic E-state index is 0.0949. The summed E-state index contributed by atoms with van der Waals surface area (Å²) in [5.41, 5.74) is -0.502. The van der Waals surface area contributed by atoms with E-state index in [-0.39, 0.29) is 16.3 Å². The lowest BCUT2D eigenvalue weighted by molar-refractivity contribution is 0.137. The van der Waals surface area contributed by atoms with Gasteiger partial charge in [-0.15, -0.1) is 0 Å². The molecule has 0 spiro atoms. The molecule has 1 aromatic carbocycles. The molecule has 27 heavy (non-hydrogen) atoms.